The van der Waals surface area contributed by atoms with E-state index in [1.165, 1.54) is 21.9 Å². The van der Waals surface area contributed by atoms with Gasteiger partial charge in [-0.1, -0.05) is 5.16 Å². The number of carboxylic acid groups (broad SMARTS) is 1. The quantitative estimate of drug-likeness (QED) is 0.624. The number of urea groups is 1. The Morgan fingerprint density at radius 1 is 1.11 bits per heavy atom. The first-order valence-corrected chi connectivity index (χ1v) is 12.3. The molecule has 0 bridgehead atoms. The molecule has 11 heteroatoms. The minimum Gasteiger partial charge on any atom is -0.465 e. The number of piperazine rings is 1. The van der Waals surface area contributed by atoms with E-state index in [2.05, 4.69) is 10.1 Å². The summed E-state index contributed by atoms with van der Waals surface area (Å²) in [5, 5.41) is 14.3. The number of hydrogen-bond acceptors (Lipinski definition) is 6. The largest absolute Gasteiger partial charge is 0.465 e. The highest BCUT2D eigenvalue weighted by molar-refractivity contribution is 5.97. The minimum absolute atomic E-state index is 0.173. The zero-order valence-corrected chi connectivity index (χ0v) is 19.6. The number of hydrogen-bond donors (Lipinski definition) is 1. The fraction of sp³-hybridized carbons (Fsp3) is 0.583. The normalized spacial score (nSPS) is 22.2. The molecule has 3 fully saturated rings. The Bertz CT molecular complexity index is 1110. The summed E-state index contributed by atoms with van der Waals surface area (Å²) in [6, 6.07) is 3.89. The Balaban J connectivity index is 1.06. The van der Waals surface area contributed by atoms with Crippen molar-refractivity contribution < 1.29 is 28.4 Å². The summed E-state index contributed by atoms with van der Waals surface area (Å²) in [5.41, 5.74) is 1.39. The molecule has 35 heavy (non-hydrogen) atoms. The van der Waals surface area contributed by atoms with E-state index in [9.17, 15) is 23.9 Å². The van der Waals surface area contributed by atoms with Gasteiger partial charge in [-0.05, 0) is 57.5 Å². The van der Waals surface area contributed by atoms with Crippen LogP contribution in [0.25, 0.3) is 11.0 Å². The van der Waals surface area contributed by atoms with Crippen LogP contribution in [-0.4, -0.2) is 99.7 Å². The van der Waals surface area contributed by atoms with Crippen LogP contribution in [-0.2, 0) is 4.79 Å². The topological polar surface area (TPSA) is 110 Å². The number of unbranched alkanes of at least 4 members (excludes halogenated alkanes) is 1. The second kappa shape index (κ2) is 9.80. The van der Waals surface area contributed by atoms with E-state index in [1.54, 1.807) is 11.0 Å². The fourth-order valence-corrected chi connectivity index (χ4v) is 5.51. The summed E-state index contributed by atoms with van der Waals surface area (Å²) in [4.78, 5) is 43.2. The van der Waals surface area contributed by atoms with Crippen molar-refractivity contribution in [1.82, 2.24) is 24.8 Å². The maximum absolute atomic E-state index is 13.4. The monoisotopic (exact) mass is 487 g/mol. The van der Waals surface area contributed by atoms with Crippen molar-refractivity contribution in [1.29, 1.82) is 0 Å². The molecule has 188 valence electrons. The third-order valence-electron chi connectivity index (χ3n) is 7.48. The van der Waals surface area contributed by atoms with Gasteiger partial charge in [0.15, 0.2) is 5.58 Å². The van der Waals surface area contributed by atoms with E-state index >= 15 is 0 Å². The third kappa shape index (κ3) is 4.82. The number of imide groups is 1. The number of carbonyl (C=O) groups excluding carboxylic acids is 2. The highest BCUT2D eigenvalue weighted by atomic mass is 19.1. The van der Waals surface area contributed by atoms with Gasteiger partial charge in [0.2, 0.25) is 5.91 Å². The number of piperidine rings is 1. The minimum atomic E-state index is -1.01. The molecule has 0 saturated carbocycles. The van der Waals surface area contributed by atoms with Gasteiger partial charge in [0.1, 0.15) is 5.82 Å². The molecule has 3 aliphatic heterocycles. The van der Waals surface area contributed by atoms with E-state index in [4.69, 9.17) is 4.52 Å². The first-order valence-electron chi connectivity index (χ1n) is 12.3. The third-order valence-corrected chi connectivity index (χ3v) is 7.48. The Morgan fingerprint density at radius 3 is 2.66 bits per heavy atom. The molecule has 4 heterocycles. The molecule has 4 amide bonds. The van der Waals surface area contributed by atoms with Crippen LogP contribution < -0.4 is 0 Å². The van der Waals surface area contributed by atoms with Gasteiger partial charge in [-0.3, -0.25) is 9.69 Å². The van der Waals surface area contributed by atoms with E-state index < -0.39 is 6.09 Å². The fourth-order valence-electron chi connectivity index (χ4n) is 5.51. The predicted molar refractivity (Wildman–Crippen MR) is 123 cm³/mol. The molecule has 1 aromatic heterocycles. The summed E-state index contributed by atoms with van der Waals surface area (Å²) < 4.78 is 18.7. The average Bonchev–Trinajstić information content (AvgIpc) is 3.26. The lowest BCUT2D eigenvalue weighted by molar-refractivity contribution is -0.133. The number of nitrogens with zero attached hydrogens (tertiary/aromatic N) is 5. The smallest absolute Gasteiger partial charge is 0.407 e. The lowest BCUT2D eigenvalue weighted by Gasteiger charge is -2.45. The van der Waals surface area contributed by atoms with Crippen LogP contribution in [0.2, 0.25) is 0 Å². The van der Waals surface area contributed by atoms with Gasteiger partial charge in [-0.15, -0.1) is 0 Å². The highest BCUT2D eigenvalue weighted by Crippen LogP contribution is 2.33. The summed E-state index contributed by atoms with van der Waals surface area (Å²) in [6.07, 6.45) is 2.67. The first kappa shape index (κ1) is 23.5. The van der Waals surface area contributed by atoms with E-state index in [1.807, 2.05) is 0 Å². The molecule has 0 radical (unpaired) electrons. The SMILES string of the molecule is O=C(O)N1CCN2C(=O)N(CCCCN3CCC(c4noc5cc(F)ccc45)CC3)C(=O)CC2C1. The van der Waals surface area contributed by atoms with Gasteiger partial charge >= 0.3 is 12.1 Å². The van der Waals surface area contributed by atoms with Crippen molar-refractivity contribution >= 4 is 29.0 Å². The standard InChI is InChI=1S/C24H30FN5O5/c25-17-3-4-19-20(13-17)35-26-22(19)16-5-9-27(10-6-16)7-1-2-8-30-21(31)14-18-15-28(24(33)34)11-12-29(18)23(30)32/h3-4,13,16,18H,1-2,5-12,14-15H2,(H,33,34). The molecule has 1 N–H and O–H groups in total. The maximum atomic E-state index is 13.4. The molecule has 1 aromatic carbocycles. The molecule has 0 spiro atoms. The van der Waals surface area contributed by atoms with Crippen molar-refractivity contribution in [3.63, 3.8) is 0 Å². The average molecular weight is 488 g/mol. The van der Waals surface area contributed by atoms with Crippen LogP contribution in [0, 0.1) is 5.82 Å². The van der Waals surface area contributed by atoms with Crippen LogP contribution in [0.5, 0.6) is 0 Å². The molecule has 0 aliphatic carbocycles. The number of halogens is 1. The number of aromatic nitrogens is 1. The zero-order valence-electron chi connectivity index (χ0n) is 19.6. The van der Waals surface area contributed by atoms with E-state index in [0.29, 0.717) is 18.7 Å². The molecule has 3 aliphatic rings. The number of rotatable bonds is 6. The Morgan fingerprint density at radius 2 is 1.89 bits per heavy atom. The molecule has 1 atom stereocenters. The van der Waals surface area contributed by atoms with Gasteiger partial charge in [-0.2, -0.15) is 0 Å². The number of fused-ring (bicyclic) bond motifs is 2. The molecular formula is C24H30FN5O5. The Labute approximate surface area is 202 Å². The predicted octanol–water partition coefficient (Wildman–Crippen LogP) is 2.94. The van der Waals surface area contributed by atoms with Gasteiger partial charge in [0.05, 0.1) is 11.7 Å². The number of carbonyl (C=O) groups is 3. The number of amides is 4. The first-order chi connectivity index (χ1) is 16.9. The summed E-state index contributed by atoms with van der Waals surface area (Å²) in [5.74, 6) is -0.260. The van der Waals surface area contributed by atoms with Crippen molar-refractivity contribution in [2.75, 3.05) is 45.8 Å². The second-order valence-corrected chi connectivity index (χ2v) is 9.64. The maximum Gasteiger partial charge on any atom is 0.407 e. The van der Waals surface area contributed by atoms with Crippen molar-refractivity contribution in [2.45, 2.75) is 44.1 Å². The van der Waals surface area contributed by atoms with Gasteiger partial charge < -0.3 is 24.3 Å². The van der Waals surface area contributed by atoms with E-state index in [0.717, 1.165) is 56.4 Å². The molecule has 10 nitrogen and oxygen atoms in total. The van der Waals surface area contributed by atoms with Gasteiger partial charge in [0.25, 0.3) is 0 Å². The van der Waals surface area contributed by atoms with Crippen LogP contribution in [0.4, 0.5) is 14.0 Å². The lowest BCUT2D eigenvalue weighted by Crippen LogP contribution is -2.64. The summed E-state index contributed by atoms with van der Waals surface area (Å²) >= 11 is 0. The van der Waals surface area contributed by atoms with Crippen molar-refractivity contribution in [2.24, 2.45) is 0 Å². The van der Waals surface area contributed by atoms with E-state index in [-0.39, 0.29) is 49.2 Å². The molecule has 3 saturated heterocycles. The zero-order chi connectivity index (χ0) is 24.5. The molecule has 2 aromatic rings. The van der Waals surface area contributed by atoms with Crippen LogP contribution in [0.1, 0.15) is 43.7 Å². The van der Waals surface area contributed by atoms with Crippen molar-refractivity contribution in [3.05, 3.63) is 29.7 Å². The summed E-state index contributed by atoms with van der Waals surface area (Å²) in [7, 11) is 0. The number of likely N-dealkylation sites (tertiary alicyclic amines) is 1. The van der Waals surface area contributed by atoms with Crippen LogP contribution in [0.15, 0.2) is 22.7 Å². The van der Waals surface area contributed by atoms with Gasteiger partial charge in [0, 0.05) is 50.0 Å². The van der Waals surface area contributed by atoms with Gasteiger partial charge in [-0.25, -0.2) is 14.0 Å². The lowest BCUT2D eigenvalue weighted by atomic mass is 9.91. The van der Waals surface area contributed by atoms with Crippen LogP contribution in [0.3, 0.4) is 0 Å². The summed E-state index contributed by atoms with van der Waals surface area (Å²) in [6.45, 7) is 3.93. The highest BCUT2D eigenvalue weighted by Gasteiger charge is 2.42. The molecular weight excluding hydrogens is 457 g/mol. The second-order valence-electron chi connectivity index (χ2n) is 9.64. The number of benzene rings is 1. The Hall–Kier alpha value is -3.21. The molecule has 1 unspecified atom stereocenters. The van der Waals surface area contributed by atoms with Crippen LogP contribution >= 0.6 is 0 Å². The Kier molecular flexibility index (Phi) is 6.59. The molecule has 5 rings (SSSR count). The van der Waals surface area contributed by atoms with Crippen molar-refractivity contribution in [3.8, 4) is 0 Å².